The molecule has 0 aromatic heterocycles. The van der Waals surface area contributed by atoms with Crippen LogP contribution >= 0.6 is 0 Å². The highest BCUT2D eigenvalue weighted by atomic mass is 14.8. The first kappa shape index (κ1) is 12.2. The van der Waals surface area contributed by atoms with Gasteiger partial charge in [-0.2, -0.15) is 0 Å². The second-order valence-electron chi connectivity index (χ2n) is 6.16. The van der Waals surface area contributed by atoms with Crippen LogP contribution in [-0.2, 0) is 0 Å². The number of allylic oxidation sites excluding steroid dienone is 1. The lowest BCUT2D eigenvalue weighted by Gasteiger charge is -2.16. The van der Waals surface area contributed by atoms with Crippen molar-refractivity contribution in [1.29, 1.82) is 0 Å². The van der Waals surface area contributed by atoms with Gasteiger partial charge in [-0.15, -0.1) is 0 Å². The van der Waals surface area contributed by atoms with E-state index in [9.17, 15) is 0 Å². The summed E-state index contributed by atoms with van der Waals surface area (Å²) in [7, 11) is 0. The van der Waals surface area contributed by atoms with E-state index in [1.807, 2.05) is 0 Å². The molecule has 0 bridgehead atoms. The summed E-state index contributed by atoms with van der Waals surface area (Å²) in [4.78, 5) is 0. The van der Waals surface area contributed by atoms with Crippen LogP contribution in [0.15, 0.2) is 11.1 Å². The van der Waals surface area contributed by atoms with Gasteiger partial charge in [0.2, 0.25) is 0 Å². The summed E-state index contributed by atoms with van der Waals surface area (Å²) in [6.07, 6.45) is 9.51. The first-order valence-corrected chi connectivity index (χ1v) is 7.03. The molecule has 2 atom stereocenters. The molecule has 1 heteroatoms. The Bertz CT molecular complexity index is 305. The number of fused-ring (bicyclic) bond motifs is 1. The average Bonchev–Trinajstić information content (AvgIpc) is 2.71. The molecule has 0 heterocycles. The molecule has 16 heavy (non-hydrogen) atoms. The van der Waals surface area contributed by atoms with E-state index in [2.05, 4.69) is 20.8 Å². The van der Waals surface area contributed by atoms with Crippen LogP contribution in [0.4, 0.5) is 0 Å². The van der Waals surface area contributed by atoms with Gasteiger partial charge in [-0.25, -0.2) is 0 Å². The molecule has 1 nitrogen and oxygen atoms in total. The fourth-order valence-electron chi connectivity index (χ4n) is 4.00. The molecule has 0 aromatic carbocycles. The van der Waals surface area contributed by atoms with Gasteiger partial charge in [0, 0.05) is 12.0 Å². The van der Waals surface area contributed by atoms with Gasteiger partial charge in [0.15, 0.2) is 0 Å². The summed E-state index contributed by atoms with van der Waals surface area (Å²) >= 11 is 0. The standard InChI is InChI=1S/C15H27N/c1-4-8-12-9-6-5-7-10-14(2)13(12)15(14,3)11-16/h4-11,16H2,1-3H3/b13-12+. The minimum Gasteiger partial charge on any atom is -0.330 e. The van der Waals surface area contributed by atoms with E-state index >= 15 is 0 Å². The molecule has 2 rings (SSSR count). The lowest BCUT2D eigenvalue weighted by Crippen LogP contribution is -2.18. The van der Waals surface area contributed by atoms with E-state index in [0.717, 1.165) is 6.54 Å². The van der Waals surface area contributed by atoms with Crippen molar-refractivity contribution in [3.8, 4) is 0 Å². The van der Waals surface area contributed by atoms with Crippen molar-refractivity contribution in [3.05, 3.63) is 11.1 Å². The van der Waals surface area contributed by atoms with Gasteiger partial charge in [-0.05, 0) is 31.1 Å². The van der Waals surface area contributed by atoms with Crippen LogP contribution in [-0.4, -0.2) is 6.54 Å². The molecule has 0 radical (unpaired) electrons. The maximum absolute atomic E-state index is 6.04. The van der Waals surface area contributed by atoms with Crippen LogP contribution in [0.1, 0.15) is 65.7 Å². The molecular formula is C15H27N. The van der Waals surface area contributed by atoms with E-state index in [-0.39, 0.29) is 0 Å². The van der Waals surface area contributed by atoms with Crippen molar-refractivity contribution >= 4 is 0 Å². The minimum absolute atomic E-state index is 0.335. The molecule has 1 saturated carbocycles. The lowest BCUT2D eigenvalue weighted by atomic mass is 9.89. The molecule has 0 aromatic rings. The summed E-state index contributed by atoms with van der Waals surface area (Å²) in [5.41, 5.74) is 10.3. The molecular weight excluding hydrogens is 194 g/mol. The SMILES string of the molecule is CCC/C1=C2\C(C)(CN)C2(C)CCCCC1. The van der Waals surface area contributed by atoms with Gasteiger partial charge in [0.05, 0.1) is 0 Å². The Kier molecular flexibility index (Phi) is 3.18. The predicted molar refractivity (Wildman–Crippen MR) is 70.3 cm³/mol. The Balaban J connectivity index is 2.34. The van der Waals surface area contributed by atoms with Gasteiger partial charge in [0.1, 0.15) is 0 Å². The molecule has 2 aliphatic rings. The van der Waals surface area contributed by atoms with Gasteiger partial charge < -0.3 is 5.73 Å². The van der Waals surface area contributed by atoms with Crippen molar-refractivity contribution in [3.63, 3.8) is 0 Å². The Morgan fingerprint density at radius 1 is 1.19 bits per heavy atom. The zero-order chi connectivity index (χ0) is 11.8. The van der Waals surface area contributed by atoms with Crippen LogP contribution in [0.2, 0.25) is 0 Å². The number of hydrogen-bond donors (Lipinski definition) is 1. The van der Waals surface area contributed by atoms with Crippen LogP contribution in [0.3, 0.4) is 0 Å². The molecule has 0 aliphatic heterocycles. The highest BCUT2D eigenvalue weighted by Gasteiger charge is 2.65. The molecule has 0 saturated heterocycles. The van der Waals surface area contributed by atoms with Crippen molar-refractivity contribution < 1.29 is 0 Å². The highest BCUT2D eigenvalue weighted by molar-refractivity contribution is 5.48. The molecule has 0 amide bonds. The zero-order valence-corrected chi connectivity index (χ0v) is 11.2. The second kappa shape index (κ2) is 4.18. The third-order valence-corrected chi connectivity index (χ3v) is 5.23. The molecule has 1 fully saturated rings. The largest absolute Gasteiger partial charge is 0.330 e. The lowest BCUT2D eigenvalue weighted by molar-refractivity contribution is 0.357. The fourth-order valence-corrected chi connectivity index (χ4v) is 4.00. The number of nitrogens with two attached hydrogens (primary N) is 1. The van der Waals surface area contributed by atoms with E-state index in [1.165, 1.54) is 44.9 Å². The molecule has 2 N–H and O–H groups in total. The maximum Gasteiger partial charge on any atom is 0.0106 e. The zero-order valence-electron chi connectivity index (χ0n) is 11.2. The Morgan fingerprint density at radius 2 is 1.94 bits per heavy atom. The van der Waals surface area contributed by atoms with Crippen molar-refractivity contribution in [1.82, 2.24) is 0 Å². The van der Waals surface area contributed by atoms with Crippen molar-refractivity contribution in [2.24, 2.45) is 16.6 Å². The summed E-state index contributed by atoms with van der Waals surface area (Å²) in [5.74, 6) is 0. The Morgan fingerprint density at radius 3 is 2.56 bits per heavy atom. The Hall–Kier alpha value is -0.300. The summed E-state index contributed by atoms with van der Waals surface area (Å²) in [6.45, 7) is 7.98. The molecule has 92 valence electrons. The summed E-state index contributed by atoms with van der Waals surface area (Å²) in [6, 6.07) is 0. The predicted octanol–water partition coefficient (Wildman–Crippen LogP) is 4.03. The van der Waals surface area contributed by atoms with E-state index in [4.69, 9.17) is 5.73 Å². The quantitative estimate of drug-likeness (QED) is 0.715. The normalized spacial score (nSPS) is 43.5. The van der Waals surface area contributed by atoms with Crippen molar-refractivity contribution in [2.45, 2.75) is 65.7 Å². The van der Waals surface area contributed by atoms with Gasteiger partial charge in [0.25, 0.3) is 0 Å². The van der Waals surface area contributed by atoms with Crippen LogP contribution < -0.4 is 5.73 Å². The van der Waals surface area contributed by atoms with Crippen molar-refractivity contribution in [2.75, 3.05) is 6.54 Å². The Labute approximate surface area is 100 Å². The topological polar surface area (TPSA) is 26.0 Å². The smallest absolute Gasteiger partial charge is 0.0106 e. The van der Waals surface area contributed by atoms with Crippen LogP contribution in [0.25, 0.3) is 0 Å². The van der Waals surface area contributed by atoms with Crippen LogP contribution in [0.5, 0.6) is 0 Å². The van der Waals surface area contributed by atoms with Gasteiger partial charge in [-0.3, -0.25) is 0 Å². The summed E-state index contributed by atoms with van der Waals surface area (Å²) < 4.78 is 0. The summed E-state index contributed by atoms with van der Waals surface area (Å²) in [5, 5.41) is 0. The third kappa shape index (κ3) is 1.55. The van der Waals surface area contributed by atoms with E-state index in [1.54, 1.807) is 11.1 Å². The van der Waals surface area contributed by atoms with Gasteiger partial charge in [-0.1, -0.05) is 51.2 Å². The third-order valence-electron chi connectivity index (χ3n) is 5.23. The monoisotopic (exact) mass is 221 g/mol. The first-order valence-electron chi connectivity index (χ1n) is 7.03. The first-order chi connectivity index (χ1) is 7.60. The molecule has 0 spiro atoms. The minimum atomic E-state index is 0.335. The second-order valence-corrected chi connectivity index (χ2v) is 6.16. The highest BCUT2D eigenvalue weighted by Crippen LogP contribution is 2.72. The van der Waals surface area contributed by atoms with E-state index < -0.39 is 0 Å². The molecule has 2 unspecified atom stereocenters. The van der Waals surface area contributed by atoms with E-state index in [0.29, 0.717) is 10.8 Å². The molecule has 2 aliphatic carbocycles. The fraction of sp³-hybridized carbons (Fsp3) is 0.867. The average molecular weight is 221 g/mol. The number of hydrogen-bond acceptors (Lipinski definition) is 1. The van der Waals surface area contributed by atoms with Crippen LogP contribution in [0, 0.1) is 10.8 Å². The van der Waals surface area contributed by atoms with Gasteiger partial charge >= 0.3 is 0 Å². The maximum atomic E-state index is 6.04. The number of rotatable bonds is 3.